The second kappa shape index (κ2) is 8.57. The minimum atomic E-state index is -3.84. The molecule has 1 aromatic rings. The van der Waals surface area contributed by atoms with Crippen LogP contribution in [0.1, 0.15) is 6.42 Å². The Morgan fingerprint density at radius 1 is 1.23 bits per heavy atom. The molecule has 0 atom stereocenters. The van der Waals surface area contributed by atoms with Crippen molar-refractivity contribution in [2.45, 2.75) is 11.3 Å². The van der Waals surface area contributed by atoms with E-state index in [1.54, 1.807) is 0 Å². The van der Waals surface area contributed by atoms with Crippen LogP contribution in [0.5, 0.6) is 11.5 Å². The molecule has 0 spiro atoms. The first-order chi connectivity index (χ1) is 10.4. The number of carbonyl (C=O) groups is 1. The van der Waals surface area contributed by atoms with Crippen LogP contribution in [0.15, 0.2) is 23.1 Å². The number of carbonyl (C=O) groups excluding carboxylic acids is 1. The second-order valence-electron chi connectivity index (χ2n) is 4.27. The summed E-state index contributed by atoms with van der Waals surface area (Å²) < 4.78 is 36.5. The first-order valence-corrected chi connectivity index (χ1v) is 8.02. The number of aliphatic hydroxyl groups is 1. The normalized spacial score (nSPS) is 11.0. The Morgan fingerprint density at radius 2 is 1.91 bits per heavy atom. The van der Waals surface area contributed by atoms with Crippen molar-refractivity contribution in [2.24, 2.45) is 0 Å². The molecule has 0 saturated heterocycles. The van der Waals surface area contributed by atoms with Crippen LogP contribution in [0.2, 0.25) is 0 Å². The van der Waals surface area contributed by atoms with Crippen molar-refractivity contribution in [2.75, 3.05) is 33.9 Å². The smallest absolute Gasteiger partial charge is 0.241 e. The number of hydrogen-bond donors (Lipinski definition) is 3. The van der Waals surface area contributed by atoms with Crippen molar-refractivity contribution in [1.82, 2.24) is 10.0 Å². The topological polar surface area (TPSA) is 114 Å². The zero-order valence-corrected chi connectivity index (χ0v) is 13.3. The molecule has 0 aromatic heterocycles. The van der Waals surface area contributed by atoms with Crippen LogP contribution in [0, 0.1) is 0 Å². The van der Waals surface area contributed by atoms with Crippen LogP contribution in [0.25, 0.3) is 0 Å². The van der Waals surface area contributed by atoms with Crippen LogP contribution >= 0.6 is 0 Å². The predicted molar refractivity (Wildman–Crippen MR) is 79.4 cm³/mol. The summed E-state index contributed by atoms with van der Waals surface area (Å²) >= 11 is 0. The standard InChI is InChI=1S/C13H20N2O6S/c1-20-11-5-4-10(8-12(11)21-2)22(18,19)15-9-13(17)14-6-3-7-16/h4-5,8,15-16H,3,6-7,9H2,1-2H3,(H,14,17). The van der Waals surface area contributed by atoms with E-state index in [4.69, 9.17) is 14.6 Å². The summed E-state index contributed by atoms with van der Waals surface area (Å²) in [5.74, 6) is 0.207. The molecule has 1 amide bonds. The molecule has 0 radical (unpaired) electrons. The molecule has 8 nitrogen and oxygen atoms in total. The van der Waals surface area contributed by atoms with E-state index in [0.717, 1.165) is 0 Å². The van der Waals surface area contributed by atoms with E-state index in [0.29, 0.717) is 12.2 Å². The Kier molecular flexibility index (Phi) is 7.09. The number of sulfonamides is 1. The maximum Gasteiger partial charge on any atom is 0.241 e. The zero-order valence-electron chi connectivity index (χ0n) is 12.5. The Balaban J connectivity index is 2.72. The molecule has 1 rings (SSSR count). The number of nitrogens with one attached hydrogen (secondary N) is 2. The van der Waals surface area contributed by atoms with Gasteiger partial charge < -0.3 is 19.9 Å². The molecule has 22 heavy (non-hydrogen) atoms. The van der Waals surface area contributed by atoms with Crippen LogP contribution in [-0.4, -0.2) is 53.3 Å². The Bertz CT molecular complexity index is 603. The van der Waals surface area contributed by atoms with Crippen molar-refractivity contribution in [3.05, 3.63) is 18.2 Å². The van der Waals surface area contributed by atoms with E-state index < -0.39 is 15.9 Å². The molecule has 0 heterocycles. The maximum atomic E-state index is 12.1. The van der Waals surface area contributed by atoms with Crippen LogP contribution in [0.3, 0.4) is 0 Å². The molecule has 0 aliphatic rings. The average Bonchev–Trinajstić information content (AvgIpc) is 2.52. The van der Waals surface area contributed by atoms with Gasteiger partial charge in [0.25, 0.3) is 0 Å². The van der Waals surface area contributed by atoms with E-state index in [2.05, 4.69) is 10.0 Å². The fourth-order valence-electron chi connectivity index (χ4n) is 1.60. The fraction of sp³-hybridized carbons (Fsp3) is 0.462. The van der Waals surface area contributed by atoms with E-state index in [1.807, 2.05) is 0 Å². The summed E-state index contributed by atoms with van der Waals surface area (Å²) in [4.78, 5) is 11.4. The van der Waals surface area contributed by atoms with Gasteiger partial charge in [0.05, 0.1) is 25.7 Å². The number of amides is 1. The minimum absolute atomic E-state index is 0.0340. The third kappa shape index (κ3) is 5.17. The van der Waals surface area contributed by atoms with E-state index in [-0.39, 0.29) is 30.3 Å². The quantitative estimate of drug-likeness (QED) is 0.524. The lowest BCUT2D eigenvalue weighted by Gasteiger charge is -2.11. The van der Waals surface area contributed by atoms with E-state index >= 15 is 0 Å². The highest BCUT2D eigenvalue weighted by Gasteiger charge is 2.18. The SMILES string of the molecule is COc1ccc(S(=O)(=O)NCC(=O)NCCCO)cc1OC. The Hall–Kier alpha value is -1.84. The molecular formula is C13H20N2O6S. The van der Waals surface area contributed by atoms with Gasteiger partial charge >= 0.3 is 0 Å². The number of benzene rings is 1. The van der Waals surface area contributed by atoms with Crippen molar-refractivity contribution in [3.63, 3.8) is 0 Å². The highest BCUT2D eigenvalue weighted by molar-refractivity contribution is 7.89. The summed E-state index contributed by atoms with van der Waals surface area (Å²) in [5.41, 5.74) is 0. The maximum absolute atomic E-state index is 12.1. The monoisotopic (exact) mass is 332 g/mol. The number of aliphatic hydroxyl groups excluding tert-OH is 1. The fourth-order valence-corrected chi connectivity index (χ4v) is 2.59. The molecule has 0 aliphatic carbocycles. The van der Waals surface area contributed by atoms with Crippen LogP contribution in [0.4, 0.5) is 0 Å². The van der Waals surface area contributed by atoms with E-state index in [9.17, 15) is 13.2 Å². The Morgan fingerprint density at radius 3 is 2.50 bits per heavy atom. The van der Waals surface area contributed by atoms with Gasteiger partial charge in [-0.15, -0.1) is 0 Å². The lowest BCUT2D eigenvalue weighted by Crippen LogP contribution is -2.37. The molecule has 0 bridgehead atoms. The predicted octanol–water partition coefficient (Wildman–Crippen LogP) is -0.519. The number of methoxy groups -OCH3 is 2. The molecule has 0 aliphatic heterocycles. The number of ether oxygens (including phenoxy) is 2. The first kappa shape index (κ1) is 18.2. The number of rotatable bonds is 9. The number of hydrogen-bond acceptors (Lipinski definition) is 6. The summed E-state index contributed by atoms with van der Waals surface area (Å²) in [6.07, 6.45) is 0.411. The second-order valence-corrected chi connectivity index (χ2v) is 6.04. The van der Waals surface area contributed by atoms with Gasteiger partial charge in [0.1, 0.15) is 0 Å². The van der Waals surface area contributed by atoms with Crippen molar-refractivity contribution < 1.29 is 27.8 Å². The van der Waals surface area contributed by atoms with Gasteiger partial charge in [-0.1, -0.05) is 0 Å². The van der Waals surface area contributed by atoms with Crippen LogP contribution in [-0.2, 0) is 14.8 Å². The lowest BCUT2D eigenvalue weighted by molar-refractivity contribution is -0.119. The van der Waals surface area contributed by atoms with Gasteiger partial charge in [-0.05, 0) is 18.6 Å². The summed E-state index contributed by atoms with van der Waals surface area (Å²) in [6, 6.07) is 4.13. The molecule has 0 unspecified atom stereocenters. The van der Waals surface area contributed by atoms with Crippen molar-refractivity contribution in [1.29, 1.82) is 0 Å². The third-order valence-electron chi connectivity index (χ3n) is 2.75. The van der Waals surface area contributed by atoms with E-state index in [1.165, 1.54) is 32.4 Å². The van der Waals surface area contributed by atoms with Crippen molar-refractivity contribution in [3.8, 4) is 11.5 Å². The van der Waals surface area contributed by atoms with Gasteiger partial charge in [-0.3, -0.25) is 4.79 Å². The average molecular weight is 332 g/mol. The molecular weight excluding hydrogens is 312 g/mol. The molecule has 0 saturated carbocycles. The molecule has 1 aromatic carbocycles. The lowest BCUT2D eigenvalue weighted by atomic mass is 10.3. The van der Waals surface area contributed by atoms with Gasteiger partial charge in [0, 0.05) is 19.2 Å². The molecule has 3 N–H and O–H groups in total. The summed E-state index contributed by atoms with van der Waals surface area (Å²) in [6.45, 7) is -0.146. The zero-order chi connectivity index (χ0) is 16.6. The van der Waals surface area contributed by atoms with Gasteiger partial charge in [-0.25, -0.2) is 13.1 Å². The third-order valence-corrected chi connectivity index (χ3v) is 4.14. The molecule has 9 heteroatoms. The van der Waals surface area contributed by atoms with Gasteiger partial charge in [0.15, 0.2) is 11.5 Å². The minimum Gasteiger partial charge on any atom is -0.493 e. The molecule has 124 valence electrons. The van der Waals surface area contributed by atoms with Gasteiger partial charge in [-0.2, -0.15) is 0 Å². The summed E-state index contributed by atoms with van der Waals surface area (Å²) in [5, 5.41) is 11.1. The van der Waals surface area contributed by atoms with Gasteiger partial charge in [0.2, 0.25) is 15.9 Å². The van der Waals surface area contributed by atoms with Crippen molar-refractivity contribution >= 4 is 15.9 Å². The van der Waals surface area contributed by atoms with Crippen LogP contribution < -0.4 is 19.5 Å². The largest absolute Gasteiger partial charge is 0.493 e. The summed E-state index contributed by atoms with van der Waals surface area (Å²) in [7, 11) is -0.995. The highest BCUT2D eigenvalue weighted by atomic mass is 32.2. The first-order valence-electron chi connectivity index (χ1n) is 6.54. The molecule has 0 fully saturated rings. The highest BCUT2D eigenvalue weighted by Crippen LogP contribution is 2.29. The Labute approximate surface area is 129 Å².